The fourth-order valence-corrected chi connectivity index (χ4v) is 3.19. The van der Waals surface area contributed by atoms with E-state index < -0.39 is 0 Å². The van der Waals surface area contributed by atoms with Gasteiger partial charge in [-0.2, -0.15) is 5.10 Å². The molecule has 3 rings (SSSR count). The van der Waals surface area contributed by atoms with Crippen LogP contribution in [-0.2, 0) is 0 Å². The smallest absolute Gasteiger partial charge is 0.195 e. The number of H-pyrrole nitrogens is 1. The van der Waals surface area contributed by atoms with Crippen molar-refractivity contribution >= 4 is 23.6 Å². The number of aromatic nitrogens is 5. The van der Waals surface area contributed by atoms with E-state index in [1.807, 2.05) is 29.1 Å². The van der Waals surface area contributed by atoms with Crippen LogP contribution in [0.15, 0.2) is 30.7 Å². The molecule has 0 fully saturated rings. The first kappa shape index (κ1) is 13.1. The Bertz CT molecular complexity index is 769. The second kappa shape index (κ2) is 5.26. The summed E-state index contributed by atoms with van der Waals surface area (Å²) in [6.07, 6.45) is 5.39. The lowest BCUT2D eigenvalue weighted by molar-refractivity contribution is 0.597. The van der Waals surface area contributed by atoms with Gasteiger partial charge in [-0.25, -0.2) is 4.98 Å². The van der Waals surface area contributed by atoms with Crippen LogP contribution in [0.3, 0.4) is 0 Å². The third-order valence-corrected chi connectivity index (χ3v) is 4.19. The summed E-state index contributed by atoms with van der Waals surface area (Å²) in [5.74, 6) is 0.831. The summed E-state index contributed by atoms with van der Waals surface area (Å²) in [6, 6.07) is 4.15. The number of pyridine rings is 1. The van der Waals surface area contributed by atoms with E-state index in [1.165, 1.54) is 0 Å². The standard InChI is InChI=1S/C13H13N5S2/c1-8(2)18-11(16-17-13(18)19)10-7-15-12(20-10)9-4-3-5-14-6-9/h3-8H,1-2H3,(H,17,19). The van der Waals surface area contributed by atoms with Crippen LogP contribution < -0.4 is 0 Å². The van der Waals surface area contributed by atoms with Crippen molar-refractivity contribution in [2.75, 3.05) is 0 Å². The van der Waals surface area contributed by atoms with Gasteiger partial charge in [0.2, 0.25) is 0 Å². The maximum Gasteiger partial charge on any atom is 0.195 e. The zero-order valence-electron chi connectivity index (χ0n) is 11.1. The lowest BCUT2D eigenvalue weighted by Gasteiger charge is -2.08. The minimum absolute atomic E-state index is 0.250. The van der Waals surface area contributed by atoms with Crippen LogP contribution in [0.1, 0.15) is 19.9 Å². The molecule has 0 amide bonds. The maximum absolute atomic E-state index is 5.27. The van der Waals surface area contributed by atoms with Gasteiger partial charge in [0, 0.05) is 30.2 Å². The zero-order valence-corrected chi connectivity index (χ0v) is 12.7. The molecular formula is C13H13N5S2. The number of hydrogen-bond acceptors (Lipinski definition) is 5. The van der Waals surface area contributed by atoms with Gasteiger partial charge >= 0.3 is 0 Å². The highest BCUT2D eigenvalue weighted by Crippen LogP contribution is 2.31. The molecule has 20 heavy (non-hydrogen) atoms. The molecular weight excluding hydrogens is 290 g/mol. The van der Waals surface area contributed by atoms with Crippen LogP contribution in [0.25, 0.3) is 21.3 Å². The molecule has 0 aromatic carbocycles. The Labute approximate surface area is 125 Å². The number of rotatable bonds is 3. The van der Waals surface area contributed by atoms with E-state index in [0.29, 0.717) is 4.77 Å². The average Bonchev–Trinajstić information content (AvgIpc) is 3.05. The van der Waals surface area contributed by atoms with Crippen molar-refractivity contribution in [3.05, 3.63) is 35.5 Å². The number of nitrogens with zero attached hydrogens (tertiary/aromatic N) is 4. The minimum atomic E-state index is 0.250. The summed E-state index contributed by atoms with van der Waals surface area (Å²) in [4.78, 5) is 9.56. The van der Waals surface area contributed by atoms with Crippen LogP contribution in [-0.4, -0.2) is 24.7 Å². The molecule has 0 saturated heterocycles. The predicted molar refractivity (Wildman–Crippen MR) is 82.1 cm³/mol. The maximum atomic E-state index is 5.27. The van der Waals surface area contributed by atoms with Crippen molar-refractivity contribution in [1.82, 2.24) is 24.7 Å². The van der Waals surface area contributed by atoms with Gasteiger partial charge in [-0.3, -0.25) is 14.6 Å². The lowest BCUT2D eigenvalue weighted by Crippen LogP contribution is -2.02. The predicted octanol–water partition coefficient (Wildman–Crippen LogP) is 3.71. The molecule has 102 valence electrons. The van der Waals surface area contributed by atoms with Gasteiger partial charge in [-0.05, 0) is 38.2 Å². The highest BCUT2D eigenvalue weighted by Gasteiger charge is 2.15. The van der Waals surface area contributed by atoms with Crippen molar-refractivity contribution in [3.63, 3.8) is 0 Å². The zero-order chi connectivity index (χ0) is 14.1. The summed E-state index contributed by atoms with van der Waals surface area (Å²) in [5, 5.41) is 8.09. The molecule has 0 aliphatic carbocycles. The molecule has 3 aromatic heterocycles. The summed E-state index contributed by atoms with van der Waals surface area (Å²) >= 11 is 6.85. The van der Waals surface area contributed by atoms with E-state index in [9.17, 15) is 0 Å². The molecule has 0 aliphatic heterocycles. The normalized spacial score (nSPS) is 11.2. The molecule has 0 unspecified atom stereocenters. The minimum Gasteiger partial charge on any atom is -0.297 e. The fourth-order valence-electron chi connectivity index (χ4n) is 1.96. The number of nitrogens with one attached hydrogen (secondary N) is 1. The Hall–Kier alpha value is -1.86. The van der Waals surface area contributed by atoms with Gasteiger partial charge < -0.3 is 0 Å². The second-order valence-corrected chi connectivity index (χ2v) is 6.00. The van der Waals surface area contributed by atoms with E-state index >= 15 is 0 Å². The molecule has 0 radical (unpaired) electrons. The molecule has 0 saturated carbocycles. The molecule has 1 N–H and O–H groups in total. The largest absolute Gasteiger partial charge is 0.297 e. The van der Waals surface area contributed by atoms with Crippen LogP contribution in [0, 0.1) is 4.77 Å². The van der Waals surface area contributed by atoms with Crippen LogP contribution in [0.2, 0.25) is 0 Å². The third-order valence-electron chi connectivity index (χ3n) is 2.86. The van der Waals surface area contributed by atoms with E-state index in [0.717, 1.165) is 21.3 Å². The molecule has 3 aromatic rings. The monoisotopic (exact) mass is 303 g/mol. The SMILES string of the molecule is CC(C)n1c(-c2cnc(-c3cccnc3)s2)n[nH]c1=S. The van der Waals surface area contributed by atoms with Gasteiger partial charge in [-0.1, -0.05) is 0 Å². The summed E-state index contributed by atoms with van der Waals surface area (Å²) in [5.41, 5.74) is 1.01. The summed E-state index contributed by atoms with van der Waals surface area (Å²) in [7, 11) is 0. The number of aromatic amines is 1. The summed E-state index contributed by atoms with van der Waals surface area (Å²) < 4.78 is 2.63. The fraction of sp³-hybridized carbons (Fsp3) is 0.231. The quantitative estimate of drug-likeness (QED) is 0.749. The Morgan fingerprint density at radius 2 is 2.20 bits per heavy atom. The van der Waals surface area contributed by atoms with Crippen molar-refractivity contribution in [2.45, 2.75) is 19.9 Å². The highest BCUT2D eigenvalue weighted by atomic mass is 32.1. The van der Waals surface area contributed by atoms with E-state index in [4.69, 9.17) is 12.2 Å². The van der Waals surface area contributed by atoms with Gasteiger partial charge in [0.25, 0.3) is 0 Å². The van der Waals surface area contributed by atoms with Gasteiger partial charge in [0.15, 0.2) is 10.6 Å². The Morgan fingerprint density at radius 1 is 1.35 bits per heavy atom. The topological polar surface area (TPSA) is 59.4 Å². The molecule has 3 heterocycles. The van der Waals surface area contributed by atoms with Crippen molar-refractivity contribution < 1.29 is 0 Å². The molecule has 5 nitrogen and oxygen atoms in total. The summed E-state index contributed by atoms with van der Waals surface area (Å²) in [6.45, 7) is 4.16. The first-order valence-corrected chi connectivity index (χ1v) is 7.43. The second-order valence-electron chi connectivity index (χ2n) is 4.59. The van der Waals surface area contributed by atoms with Gasteiger partial charge in [0.05, 0.1) is 4.88 Å². The molecule has 0 spiro atoms. The van der Waals surface area contributed by atoms with Crippen LogP contribution in [0.4, 0.5) is 0 Å². The van der Waals surface area contributed by atoms with E-state index in [1.54, 1.807) is 17.5 Å². The first-order chi connectivity index (χ1) is 9.66. The van der Waals surface area contributed by atoms with E-state index in [2.05, 4.69) is 34.0 Å². The van der Waals surface area contributed by atoms with E-state index in [-0.39, 0.29) is 6.04 Å². The van der Waals surface area contributed by atoms with Gasteiger partial charge in [0.1, 0.15) is 5.01 Å². The van der Waals surface area contributed by atoms with Crippen molar-refractivity contribution in [1.29, 1.82) is 0 Å². The van der Waals surface area contributed by atoms with Crippen molar-refractivity contribution in [2.24, 2.45) is 0 Å². The first-order valence-electron chi connectivity index (χ1n) is 6.20. The number of thiazole rings is 1. The third kappa shape index (κ3) is 2.30. The Kier molecular flexibility index (Phi) is 3.45. The average molecular weight is 303 g/mol. The van der Waals surface area contributed by atoms with Crippen LogP contribution in [0.5, 0.6) is 0 Å². The Morgan fingerprint density at radius 3 is 2.90 bits per heavy atom. The number of hydrogen-bond donors (Lipinski definition) is 1. The molecule has 7 heteroatoms. The highest BCUT2D eigenvalue weighted by molar-refractivity contribution is 7.71. The van der Waals surface area contributed by atoms with Crippen molar-refractivity contribution in [3.8, 4) is 21.3 Å². The molecule has 0 atom stereocenters. The molecule has 0 aliphatic rings. The Balaban J connectivity index is 2.05. The van der Waals surface area contributed by atoms with Crippen LogP contribution >= 0.6 is 23.6 Å². The van der Waals surface area contributed by atoms with Gasteiger partial charge in [-0.15, -0.1) is 11.3 Å². The molecule has 0 bridgehead atoms. The lowest BCUT2D eigenvalue weighted by atomic mass is 10.3.